The molecule has 1 saturated heterocycles. The van der Waals surface area contributed by atoms with Crippen LogP contribution in [-0.2, 0) is 0 Å². The number of benzene rings is 1. The average molecular weight is 348 g/mol. The Morgan fingerprint density at radius 2 is 2.12 bits per heavy atom. The van der Waals surface area contributed by atoms with Crippen molar-refractivity contribution in [3.8, 4) is 5.75 Å². The number of likely N-dealkylation sites (tertiary alicyclic amines) is 1. The second-order valence-corrected chi connectivity index (χ2v) is 8.78. The molecule has 0 spiro atoms. The van der Waals surface area contributed by atoms with Crippen LogP contribution in [0.3, 0.4) is 0 Å². The smallest absolute Gasteiger partial charge is 0.257 e. The van der Waals surface area contributed by atoms with E-state index in [4.69, 9.17) is 10.5 Å². The highest BCUT2D eigenvalue weighted by atomic mass is 19.1. The van der Waals surface area contributed by atoms with Gasteiger partial charge in [-0.15, -0.1) is 0 Å². The zero-order valence-corrected chi connectivity index (χ0v) is 15.5. The number of amides is 1. The van der Waals surface area contributed by atoms with E-state index < -0.39 is 5.82 Å². The van der Waals surface area contributed by atoms with Gasteiger partial charge in [0.05, 0.1) is 12.2 Å². The lowest BCUT2D eigenvalue weighted by molar-refractivity contribution is 0.0703. The quantitative estimate of drug-likeness (QED) is 0.827. The van der Waals surface area contributed by atoms with Crippen LogP contribution in [-0.4, -0.2) is 36.5 Å². The molecule has 1 amide bonds. The summed E-state index contributed by atoms with van der Waals surface area (Å²) in [5, 5.41) is 0. The first-order valence-electron chi connectivity index (χ1n) is 9.16. The van der Waals surface area contributed by atoms with Crippen molar-refractivity contribution in [2.75, 3.05) is 19.7 Å². The summed E-state index contributed by atoms with van der Waals surface area (Å²) >= 11 is 0. The van der Waals surface area contributed by atoms with Crippen LogP contribution in [0.25, 0.3) is 0 Å². The molecule has 1 aromatic rings. The lowest BCUT2D eigenvalue weighted by Gasteiger charge is -2.39. The fourth-order valence-corrected chi connectivity index (χ4v) is 4.91. The molecule has 2 fully saturated rings. The van der Waals surface area contributed by atoms with Crippen LogP contribution in [0.2, 0.25) is 0 Å². The highest BCUT2D eigenvalue weighted by Gasteiger charge is 2.51. The van der Waals surface area contributed by atoms with Gasteiger partial charge in [0.2, 0.25) is 0 Å². The highest BCUT2D eigenvalue weighted by molar-refractivity contribution is 5.97. The fraction of sp³-hybridized carbons (Fsp3) is 0.650. The Hall–Kier alpha value is -1.62. The van der Waals surface area contributed by atoms with Crippen LogP contribution in [0, 0.1) is 16.6 Å². The third-order valence-corrected chi connectivity index (χ3v) is 5.45. The van der Waals surface area contributed by atoms with Crippen molar-refractivity contribution >= 4 is 5.91 Å². The van der Waals surface area contributed by atoms with Gasteiger partial charge in [-0.25, -0.2) is 4.39 Å². The summed E-state index contributed by atoms with van der Waals surface area (Å²) in [4.78, 5) is 15.1. The van der Waals surface area contributed by atoms with Gasteiger partial charge in [-0.3, -0.25) is 4.79 Å². The summed E-state index contributed by atoms with van der Waals surface area (Å²) in [5.74, 6) is -0.0809. The van der Waals surface area contributed by atoms with Crippen molar-refractivity contribution < 1.29 is 13.9 Å². The summed E-state index contributed by atoms with van der Waals surface area (Å²) in [6.07, 6.45) is 3.83. The van der Waals surface area contributed by atoms with E-state index in [0.29, 0.717) is 30.9 Å². The molecule has 4 nitrogen and oxygen atoms in total. The maximum Gasteiger partial charge on any atom is 0.257 e. The van der Waals surface area contributed by atoms with E-state index in [1.54, 1.807) is 6.07 Å². The predicted octanol–water partition coefficient (Wildman–Crippen LogP) is 3.59. The third-order valence-electron chi connectivity index (χ3n) is 5.45. The lowest BCUT2D eigenvalue weighted by atomic mass is 9.65. The van der Waals surface area contributed by atoms with Gasteiger partial charge in [0.15, 0.2) is 0 Å². The Labute approximate surface area is 149 Å². The Bertz CT molecular complexity index is 661. The minimum Gasteiger partial charge on any atom is -0.493 e. The molecule has 1 aliphatic carbocycles. The first-order chi connectivity index (χ1) is 11.7. The topological polar surface area (TPSA) is 55.6 Å². The molecular formula is C20H29FN2O2. The largest absolute Gasteiger partial charge is 0.493 e. The molecule has 25 heavy (non-hydrogen) atoms. The third kappa shape index (κ3) is 3.81. The lowest BCUT2D eigenvalue weighted by Crippen LogP contribution is -2.38. The summed E-state index contributed by atoms with van der Waals surface area (Å²) in [5.41, 5.74) is 6.20. The first kappa shape index (κ1) is 18.2. The molecule has 0 radical (unpaired) electrons. The minimum atomic E-state index is -0.414. The second kappa shape index (κ2) is 6.60. The molecule has 1 aromatic carbocycles. The Morgan fingerprint density at radius 1 is 1.36 bits per heavy atom. The van der Waals surface area contributed by atoms with E-state index in [1.165, 1.54) is 12.1 Å². The molecule has 1 heterocycles. The van der Waals surface area contributed by atoms with E-state index in [-0.39, 0.29) is 22.8 Å². The average Bonchev–Trinajstić information content (AvgIpc) is 2.77. The zero-order chi connectivity index (χ0) is 18.2. The van der Waals surface area contributed by atoms with Crippen molar-refractivity contribution in [2.45, 2.75) is 52.5 Å². The van der Waals surface area contributed by atoms with Gasteiger partial charge in [-0.2, -0.15) is 0 Å². The van der Waals surface area contributed by atoms with Crippen LogP contribution in [0.15, 0.2) is 18.2 Å². The molecular weight excluding hydrogens is 319 g/mol. The predicted molar refractivity (Wildman–Crippen MR) is 96.1 cm³/mol. The van der Waals surface area contributed by atoms with Gasteiger partial charge in [-0.1, -0.05) is 20.8 Å². The summed E-state index contributed by atoms with van der Waals surface area (Å²) in [6.45, 7) is 8.49. The summed E-state index contributed by atoms with van der Waals surface area (Å²) in [6, 6.07) is 4.41. The molecule has 5 heteroatoms. The molecule has 138 valence electrons. The normalized spacial score (nSPS) is 27.4. The number of carbonyl (C=O) groups is 1. The summed E-state index contributed by atoms with van der Waals surface area (Å²) in [7, 11) is 0. The number of ether oxygens (including phenoxy) is 1. The van der Waals surface area contributed by atoms with E-state index in [1.807, 2.05) is 4.90 Å². The van der Waals surface area contributed by atoms with Crippen LogP contribution in [0.1, 0.15) is 56.8 Å². The maximum absolute atomic E-state index is 13.8. The molecule has 2 bridgehead atoms. The number of rotatable bonds is 5. The number of hydrogen-bond acceptors (Lipinski definition) is 3. The van der Waals surface area contributed by atoms with Crippen LogP contribution >= 0.6 is 0 Å². The van der Waals surface area contributed by atoms with Crippen molar-refractivity contribution in [3.63, 3.8) is 0 Å². The van der Waals surface area contributed by atoms with E-state index in [9.17, 15) is 9.18 Å². The van der Waals surface area contributed by atoms with Gasteiger partial charge in [0.1, 0.15) is 11.6 Å². The molecule has 1 saturated carbocycles. The van der Waals surface area contributed by atoms with E-state index in [0.717, 1.165) is 25.8 Å². The number of carbonyl (C=O) groups excluding carboxylic acids is 1. The number of hydrogen-bond donors (Lipinski definition) is 1. The van der Waals surface area contributed by atoms with Crippen LogP contribution in [0.4, 0.5) is 4.39 Å². The second-order valence-electron chi connectivity index (χ2n) is 8.78. The molecule has 2 N–H and O–H groups in total. The molecule has 0 aromatic heterocycles. The van der Waals surface area contributed by atoms with Crippen LogP contribution in [0.5, 0.6) is 5.75 Å². The number of nitrogens with zero attached hydrogens (tertiary/aromatic N) is 1. The van der Waals surface area contributed by atoms with Gasteiger partial charge in [0.25, 0.3) is 5.91 Å². The van der Waals surface area contributed by atoms with E-state index >= 15 is 0 Å². The van der Waals surface area contributed by atoms with Crippen molar-refractivity contribution in [2.24, 2.45) is 16.6 Å². The first-order valence-corrected chi connectivity index (χ1v) is 9.16. The number of fused-ring (bicyclic) bond motifs is 2. The minimum absolute atomic E-state index is 0.117. The molecule has 2 aliphatic rings. The van der Waals surface area contributed by atoms with Gasteiger partial charge < -0.3 is 15.4 Å². The highest BCUT2D eigenvalue weighted by Crippen LogP contribution is 2.52. The van der Waals surface area contributed by atoms with Gasteiger partial charge >= 0.3 is 0 Å². The maximum atomic E-state index is 13.8. The zero-order valence-electron chi connectivity index (χ0n) is 15.5. The van der Waals surface area contributed by atoms with Crippen LogP contribution < -0.4 is 10.5 Å². The van der Waals surface area contributed by atoms with Gasteiger partial charge in [-0.05, 0) is 61.3 Å². The number of halogens is 1. The standard InChI is InChI=1S/C20H29FN2O2/c1-19(2)10-15-11-20(3,12-19)13-23(15)18(24)16-9-14(21)5-6-17(16)25-8-4-7-22/h5-6,9,15H,4,7-8,10-13,22H2,1-3H3/t15-,20-/m1/s1. The van der Waals surface area contributed by atoms with E-state index in [2.05, 4.69) is 20.8 Å². The molecule has 2 atom stereocenters. The number of nitrogens with two attached hydrogens (primary N) is 1. The Balaban J connectivity index is 1.85. The molecule has 0 unspecified atom stereocenters. The Morgan fingerprint density at radius 3 is 2.84 bits per heavy atom. The monoisotopic (exact) mass is 348 g/mol. The fourth-order valence-electron chi connectivity index (χ4n) is 4.91. The SMILES string of the molecule is CC1(C)C[C@@H]2C[C@@](C)(CN2C(=O)c2cc(F)ccc2OCCCN)C1. The summed E-state index contributed by atoms with van der Waals surface area (Å²) < 4.78 is 19.5. The van der Waals surface area contributed by atoms with Crippen molar-refractivity contribution in [1.29, 1.82) is 0 Å². The van der Waals surface area contributed by atoms with Crippen molar-refractivity contribution in [3.05, 3.63) is 29.6 Å². The van der Waals surface area contributed by atoms with Crippen molar-refractivity contribution in [1.82, 2.24) is 4.90 Å². The van der Waals surface area contributed by atoms with Gasteiger partial charge in [0, 0.05) is 12.6 Å². The Kier molecular flexibility index (Phi) is 4.80. The molecule has 3 rings (SSSR count). The molecule has 1 aliphatic heterocycles.